The van der Waals surface area contributed by atoms with Gasteiger partial charge in [-0.3, -0.25) is 38.4 Å². The maximum absolute atomic E-state index is 14.0. The molecule has 0 aromatic heterocycles. The molecule has 9 aliphatic rings. The van der Waals surface area contributed by atoms with Crippen LogP contribution >= 0.6 is 0 Å². The van der Waals surface area contributed by atoms with Crippen LogP contribution in [0.15, 0.2) is 72.3 Å². The fraction of sp³-hybridized carbons (Fsp3) is 0.544. The zero-order valence-corrected chi connectivity index (χ0v) is 43.9. The number of hydrogen-bond donors (Lipinski definition) is 7. The number of nitrogens with zero attached hydrogens (tertiary/aromatic N) is 1. The van der Waals surface area contributed by atoms with Crippen molar-refractivity contribution in [2.75, 3.05) is 18.5 Å². The molecule has 2 aromatic carbocycles. The lowest BCUT2D eigenvalue weighted by atomic mass is 9.38. The zero-order valence-electron chi connectivity index (χ0n) is 43.9. The number of aliphatic hydroxyl groups is 2. The number of alkyl carbamates (subject to hydrolysis) is 1. The van der Waals surface area contributed by atoms with E-state index in [9.17, 15) is 63.3 Å². The number of carbonyl (C=O) groups is 10. The van der Waals surface area contributed by atoms with Crippen molar-refractivity contribution in [3.05, 3.63) is 89.0 Å². The number of carboxylic acid groups (broad SMARTS) is 1. The molecule has 6 saturated carbocycles. The van der Waals surface area contributed by atoms with Crippen molar-refractivity contribution in [3.8, 4) is 0 Å². The van der Waals surface area contributed by atoms with E-state index < -0.39 is 127 Å². The molecule has 6 amide bonds. The van der Waals surface area contributed by atoms with E-state index in [0.717, 1.165) is 55.2 Å². The summed E-state index contributed by atoms with van der Waals surface area (Å²) in [6, 6.07) is 13.0. The number of carbonyl (C=O) groups excluding carboxylic acids is 9. The number of benzene rings is 2. The van der Waals surface area contributed by atoms with Gasteiger partial charge in [-0.15, -0.1) is 5.06 Å². The van der Waals surface area contributed by atoms with Gasteiger partial charge >= 0.3 is 18.0 Å². The Morgan fingerprint density at radius 1 is 0.873 bits per heavy atom. The molecule has 0 spiro atoms. The van der Waals surface area contributed by atoms with Gasteiger partial charge in [0.15, 0.2) is 23.5 Å². The summed E-state index contributed by atoms with van der Waals surface area (Å²) in [6.45, 7) is 2.73. The maximum Gasteiger partial charge on any atom is 0.407 e. The normalized spacial score (nSPS) is 32.8. The third-order valence-electron chi connectivity index (χ3n) is 18.2. The molecular weight excluding hydrogens is 1030 g/mol. The first-order valence-corrected chi connectivity index (χ1v) is 26.9. The molecule has 79 heavy (non-hydrogen) atoms. The first-order chi connectivity index (χ1) is 37.6. The van der Waals surface area contributed by atoms with Crippen LogP contribution < -0.4 is 21.3 Å². The number of anilines is 1. The topological polar surface area (TPSA) is 320 Å². The van der Waals surface area contributed by atoms with E-state index in [-0.39, 0.29) is 60.4 Å². The van der Waals surface area contributed by atoms with Crippen LogP contribution in [0.1, 0.15) is 120 Å². The van der Waals surface area contributed by atoms with Crippen molar-refractivity contribution in [1.29, 1.82) is 0 Å². The minimum absolute atomic E-state index is 0.0113. The third-order valence-corrected chi connectivity index (χ3v) is 18.2. The summed E-state index contributed by atoms with van der Waals surface area (Å²) in [5.41, 5.74) is 0.745. The molecule has 7 aliphatic carbocycles. The summed E-state index contributed by atoms with van der Waals surface area (Å²) < 4.78 is 19.0. The maximum atomic E-state index is 14.0. The fourth-order valence-corrected chi connectivity index (χ4v) is 14.8. The summed E-state index contributed by atoms with van der Waals surface area (Å²) in [5.74, 6) is -6.42. The standard InChI is InChI=1S/C57H65N5O17/c1-53-20-19-36(64)21-34(53)9-12-37-38-22-42-57(41(66)26-63,54(38,2)24-40(65)49(37)53)78-51(77-42)33-7-3-31(4-8-33)23-55-28-56(29-55,30-55)61-52(75)76-27-32-5-10-35(11-6-32)59-50(74)39(13-17-47(71)72)60-44(68)25-58-43(67)14-18-48(73)79-62-45(69)15-16-46(62)70/h3-8,10-11,19-21,37-40,42,49,51,63,65H,9,12-18,22-30H2,1-2H3,(H,58,67)(H,59,74)(H,60,68)(H,61,75)(H,71,72)/t37-,38-,39-,40-,42+,49+,51?,53-,54-,55?,56?,57+/m0/s1. The van der Waals surface area contributed by atoms with Crippen molar-refractivity contribution in [2.24, 2.45) is 34.0 Å². The van der Waals surface area contributed by atoms with Gasteiger partial charge in [0.05, 0.1) is 25.2 Å². The van der Waals surface area contributed by atoms with E-state index in [1.165, 1.54) is 0 Å². The number of Topliss-reactive ketones (excluding diaryl/α,β-unsaturated/α-hetero) is 1. The van der Waals surface area contributed by atoms with Gasteiger partial charge in [-0.25, -0.2) is 9.59 Å². The van der Waals surface area contributed by atoms with Gasteiger partial charge in [-0.05, 0) is 110 Å². The largest absolute Gasteiger partial charge is 0.481 e. The molecular formula is C57H65N5O17. The average molecular weight is 1090 g/mol. The average Bonchev–Trinajstić information content (AvgIpc) is 3.75. The molecule has 2 heterocycles. The summed E-state index contributed by atoms with van der Waals surface area (Å²) in [5, 5.41) is 42.3. The van der Waals surface area contributed by atoms with Gasteiger partial charge in [0.1, 0.15) is 19.3 Å². The third kappa shape index (κ3) is 10.4. The van der Waals surface area contributed by atoms with E-state index in [4.69, 9.17) is 19.0 Å². The smallest absolute Gasteiger partial charge is 0.407 e. The van der Waals surface area contributed by atoms with Crippen LogP contribution in [0.4, 0.5) is 10.5 Å². The molecule has 10 atom stereocenters. The number of ketones is 2. The number of aliphatic carboxylic acids is 1. The van der Waals surface area contributed by atoms with Gasteiger partial charge < -0.3 is 55.6 Å². The Balaban J connectivity index is 0.656. The van der Waals surface area contributed by atoms with Gasteiger partial charge in [0, 0.05) is 59.2 Å². The van der Waals surface area contributed by atoms with Crippen molar-refractivity contribution >= 4 is 64.8 Å². The Kier molecular flexibility index (Phi) is 14.8. The number of allylic oxidation sites excluding steroid dienone is 4. The number of carboxylic acids is 1. The highest BCUT2D eigenvalue weighted by molar-refractivity contribution is 6.02. The lowest BCUT2D eigenvalue weighted by Crippen LogP contribution is -2.75. The van der Waals surface area contributed by atoms with E-state index in [1.54, 1.807) is 36.4 Å². The number of nitrogens with one attached hydrogen (secondary N) is 4. The zero-order chi connectivity index (χ0) is 56.2. The van der Waals surface area contributed by atoms with Crippen LogP contribution in [0, 0.1) is 34.0 Å². The van der Waals surface area contributed by atoms with E-state index in [1.807, 2.05) is 37.3 Å². The number of imide groups is 1. The number of hydrogen-bond acceptors (Lipinski definition) is 16. The van der Waals surface area contributed by atoms with Crippen molar-refractivity contribution < 1.29 is 82.3 Å². The predicted octanol–water partition coefficient (Wildman–Crippen LogP) is 3.47. The molecule has 7 N–H and O–H groups in total. The Morgan fingerprint density at radius 2 is 1.57 bits per heavy atom. The molecule has 1 unspecified atom stereocenters. The van der Waals surface area contributed by atoms with Gasteiger partial charge in [-0.1, -0.05) is 61.9 Å². The number of rotatable bonds is 20. The first-order valence-electron chi connectivity index (χ1n) is 26.9. The summed E-state index contributed by atoms with van der Waals surface area (Å²) in [7, 11) is 0. The molecule has 2 aliphatic heterocycles. The Bertz CT molecular complexity index is 2900. The molecule has 0 radical (unpaired) electrons. The Labute approximate surface area is 454 Å². The second-order valence-corrected chi connectivity index (χ2v) is 23.3. The van der Waals surface area contributed by atoms with E-state index in [2.05, 4.69) is 28.2 Å². The monoisotopic (exact) mass is 1090 g/mol. The molecule has 2 bridgehead atoms. The molecule has 8 fully saturated rings. The van der Waals surface area contributed by atoms with E-state index >= 15 is 0 Å². The van der Waals surface area contributed by atoms with Crippen LogP contribution in [0.5, 0.6) is 0 Å². The summed E-state index contributed by atoms with van der Waals surface area (Å²) in [4.78, 5) is 129. The van der Waals surface area contributed by atoms with Crippen LogP contribution in [-0.2, 0) is 75.2 Å². The van der Waals surface area contributed by atoms with Crippen molar-refractivity contribution in [1.82, 2.24) is 21.0 Å². The highest BCUT2D eigenvalue weighted by atomic mass is 16.7. The molecule has 2 aromatic rings. The lowest BCUT2D eigenvalue weighted by molar-refractivity contribution is -0.201. The minimum atomic E-state index is -1.44. The number of fused-ring (bicyclic) bond motifs is 7. The van der Waals surface area contributed by atoms with Crippen molar-refractivity contribution in [2.45, 2.75) is 146 Å². The second-order valence-electron chi connectivity index (χ2n) is 23.3. The predicted molar refractivity (Wildman–Crippen MR) is 273 cm³/mol. The quantitative estimate of drug-likeness (QED) is 0.0934. The molecule has 11 rings (SSSR count). The minimum Gasteiger partial charge on any atom is -0.481 e. The van der Waals surface area contributed by atoms with Gasteiger partial charge in [0.25, 0.3) is 11.8 Å². The molecule has 420 valence electrons. The van der Waals surface area contributed by atoms with Crippen LogP contribution in [0.3, 0.4) is 0 Å². The highest BCUT2D eigenvalue weighted by Crippen LogP contribution is 2.71. The number of hydroxylamine groups is 2. The van der Waals surface area contributed by atoms with Gasteiger partial charge in [-0.2, -0.15) is 0 Å². The SMILES string of the molecule is C[C@]12C=CC(=O)C=C1CC[C@@H]1[C@@H]2[C@@H](O)C[C@@]2(C)[C@H]1C[C@H]1OC(c3ccc(CC45CC(NC(=O)OCc6ccc(NC(=O)[C@H](CCC(=O)O)NC(=O)CNC(=O)CCC(=O)ON7C(=O)CCC7=O)cc6)(C4)C5)cc3)O[C@]12C(=O)CO. The molecule has 22 nitrogen and oxygen atoms in total. The Morgan fingerprint density at radius 3 is 2.25 bits per heavy atom. The first kappa shape index (κ1) is 55.2. The fourth-order valence-electron chi connectivity index (χ4n) is 14.8. The van der Waals surface area contributed by atoms with Crippen LogP contribution in [-0.4, -0.2) is 122 Å². The lowest BCUT2D eigenvalue weighted by Gasteiger charge is -2.70. The number of ether oxygens (including phenoxy) is 3. The molecule has 2 saturated heterocycles. The van der Waals surface area contributed by atoms with E-state index in [0.29, 0.717) is 29.2 Å². The summed E-state index contributed by atoms with van der Waals surface area (Å²) in [6.07, 6.45) is 6.09. The van der Waals surface area contributed by atoms with Crippen molar-refractivity contribution in [3.63, 3.8) is 0 Å². The summed E-state index contributed by atoms with van der Waals surface area (Å²) >= 11 is 0. The van der Waals surface area contributed by atoms with Crippen LogP contribution in [0.25, 0.3) is 0 Å². The second kappa shape index (κ2) is 21.2. The van der Waals surface area contributed by atoms with Crippen LogP contribution in [0.2, 0.25) is 0 Å². The number of amides is 6. The highest BCUT2D eigenvalue weighted by Gasteiger charge is 2.76. The van der Waals surface area contributed by atoms with Gasteiger partial charge in [0.2, 0.25) is 17.7 Å². The Hall–Kier alpha value is -7.14. The molecule has 22 heteroatoms. The number of aliphatic hydroxyl groups excluding tert-OH is 2.